The third-order valence-electron chi connectivity index (χ3n) is 4.30. The zero-order chi connectivity index (χ0) is 17.2. The molecule has 130 valence electrons. The van der Waals surface area contributed by atoms with E-state index in [2.05, 4.69) is 32.9 Å². The largest absolute Gasteiger partial charge is 0.481 e. The summed E-state index contributed by atoms with van der Waals surface area (Å²) in [6, 6.07) is 10.2. The van der Waals surface area contributed by atoms with Gasteiger partial charge in [-0.3, -0.25) is 4.79 Å². The normalized spacial score (nSPS) is 16.5. The third kappa shape index (κ3) is 8.75. The fraction of sp³-hybridized carbons (Fsp3) is 0.650. The maximum Gasteiger partial charge on any atom is 0.306 e. The van der Waals surface area contributed by atoms with Gasteiger partial charge in [0.05, 0.1) is 12.5 Å². The van der Waals surface area contributed by atoms with Crippen LogP contribution in [0.25, 0.3) is 0 Å². The highest BCUT2D eigenvalue weighted by atomic mass is 16.5. The van der Waals surface area contributed by atoms with E-state index >= 15 is 0 Å². The van der Waals surface area contributed by atoms with E-state index in [-0.39, 0.29) is 5.92 Å². The van der Waals surface area contributed by atoms with Crippen LogP contribution in [0.4, 0.5) is 0 Å². The van der Waals surface area contributed by atoms with Gasteiger partial charge < -0.3 is 9.84 Å². The van der Waals surface area contributed by atoms with Crippen molar-refractivity contribution in [3.05, 3.63) is 35.9 Å². The number of carbonyl (C=O) groups is 1. The van der Waals surface area contributed by atoms with Crippen LogP contribution in [0, 0.1) is 23.7 Å². The summed E-state index contributed by atoms with van der Waals surface area (Å²) in [5, 5.41) is 8.98. The predicted molar refractivity (Wildman–Crippen MR) is 94.2 cm³/mol. The molecule has 1 N–H and O–H groups in total. The summed E-state index contributed by atoms with van der Waals surface area (Å²) in [7, 11) is 0. The minimum atomic E-state index is -0.688. The zero-order valence-electron chi connectivity index (χ0n) is 15.0. The average Bonchev–Trinajstić information content (AvgIpc) is 2.47. The van der Waals surface area contributed by atoms with Crippen LogP contribution in [0.1, 0.15) is 52.5 Å². The van der Waals surface area contributed by atoms with Crippen LogP contribution in [0.2, 0.25) is 0 Å². The molecule has 0 aromatic heterocycles. The van der Waals surface area contributed by atoms with Gasteiger partial charge in [-0.1, -0.05) is 58.0 Å². The van der Waals surface area contributed by atoms with Crippen LogP contribution in [0.15, 0.2) is 30.3 Å². The highest BCUT2D eigenvalue weighted by Crippen LogP contribution is 2.24. The van der Waals surface area contributed by atoms with Gasteiger partial charge in [-0.25, -0.2) is 0 Å². The summed E-state index contributed by atoms with van der Waals surface area (Å²) in [5.41, 5.74) is 1.21. The lowest BCUT2D eigenvalue weighted by atomic mass is 9.86. The Morgan fingerprint density at radius 2 is 1.52 bits per heavy atom. The molecule has 0 radical (unpaired) electrons. The van der Waals surface area contributed by atoms with E-state index in [0.29, 0.717) is 24.4 Å². The van der Waals surface area contributed by atoms with Crippen molar-refractivity contribution in [2.45, 2.75) is 53.6 Å². The highest BCUT2D eigenvalue weighted by molar-refractivity contribution is 5.69. The third-order valence-corrected chi connectivity index (χ3v) is 4.30. The summed E-state index contributed by atoms with van der Waals surface area (Å²) in [6.45, 7) is 9.89. The van der Waals surface area contributed by atoms with Crippen molar-refractivity contribution in [2.24, 2.45) is 23.7 Å². The molecule has 0 bridgehead atoms. The molecule has 0 aliphatic rings. The van der Waals surface area contributed by atoms with Gasteiger partial charge in [0.25, 0.3) is 0 Å². The Hall–Kier alpha value is -1.35. The quantitative estimate of drug-likeness (QED) is 0.624. The number of hydrogen-bond acceptors (Lipinski definition) is 2. The van der Waals surface area contributed by atoms with Gasteiger partial charge in [-0.05, 0) is 42.6 Å². The standard InChI is InChI=1S/C20H32O3/c1-15(10-16(2)12-18(4)20(21)22)11-17(3)13-23-14-19-8-6-5-7-9-19/h5-9,15-18H,10-14H2,1-4H3,(H,21,22)/t15-,16+,17-,18-/m0/s1. The van der Waals surface area contributed by atoms with Crippen molar-refractivity contribution >= 4 is 5.97 Å². The first kappa shape index (κ1) is 19.7. The van der Waals surface area contributed by atoms with Crippen molar-refractivity contribution in [2.75, 3.05) is 6.61 Å². The molecule has 3 heteroatoms. The number of hydrogen-bond donors (Lipinski definition) is 1. The number of carboxylic acids is 1. The monoisotopic (exact) mass is 320 g/mol. The molecule has 1 aromatic rings. The zero-order valence-corrected chi connectivity index (χ0v) is 15.0. The van der Waals surface area contributed by atoms with Gasteiger partial charge in [0.1, 0.15) is 0 Å². The molecule has 0 amide bonds. The van der Waals surface area contributed by atoms with Crippen molar-refractivity contribution in [1.29, 1.82) is 0 Å². The number of ether oxygens (including phenoxy) is 1. The van der Waals surface area contributed by atoms with E-state index in [4.69, 9.17) is 9.84 Å². The molecule has 0 saturated carbocycles. The smallest absolute Gasteiger partial charge is 0.306 e. The Bertz CT molecular complexity index is 443. The maximum absolute atomic E-state index is 10.9. The van der Waals surface area contributed by atoms with E-state index < -0.39 is 5.97 Å². The van der Waals surface area contributed by atoms with Crippen LogP contribution in [0.3, 0.4) is 0 Å². The molecular weight excluding hydrogens is 288 g/mol. The molecular formula is C20H32O3. The van der Waals surface area contributed by atoms with Gasteiger partial charge in [-0.2, -0.15) is 0 Å². The van der Waals surface area contributed by atoms with Crippen molar-refractivity contribution in [1.82, 2.24) is 0 Å². The van der Waals surface area contributed by atoms with Crippen molar-refractivity contribution in [3.63, 3.8) is 0 Å². The molecule has 0 fully saturated rings. The summed E-state index contributed by atoms with van der Waals surface area (Å²) in [6.07, 6.45) is 2.97. The summed E-state index contributed by atoms with van der Waals surface area (Å²) in [5.74, 6) is 0.642. The molecule has 3 nitrogen and oxygen atoms in total. The van der Waals surface area contributed by atoms with Crippen molar-refractivity contribution in [3.8, 4) is 0 Å². The lowest BCUT2D eigenvalue weighted by molar-refractivity contribution is -0.141. The van der Waals surface area contributed by atoms with Gasteiger partial charge in [-0.15, -0.1) is 0 Å². The van der Waals surface area contributed by atoms with Crippen LogP contribution >= 0.6 is 0 Å². The molecule has 0 heterocycles. The molecule has 0 unspecified atom stereocenters. The minimum Gasteiger partial charge on any atom is -0.481 e. The first-order chi connectivity index (χ1) is 10.9. The van der Waals surface area contributed by atoms with E-state index in [1.165, 1.54) is 5.56 Å². The molecule has 4 atom stereocenters. The van der Waals surface area contributed by atoms with Crippen LogP contribution < -0.4 is 0 Å². The van der Waals surface area contributed by atoms with Gasteiger partial charge in [0.2, 0.25) is 0 Å². The summed E-state index contributed by atoms with van der Waals surface area (Å²) in [4.78, 5) is 10.9. The summed E-state index contributed by atoms with van der Waals surface area (Å²) < 4.78 is 5.81. The Kier molecular flexibility index (Phi) is 8.93. The second kappa shape index (κ2) is 10.4. The van der Waals surface area contributed by atoms with Crippen LogP contribution in [-0.2, 0) is 16.1 Å². The number of benzene rings is 1. The SMILES string of the molecule is C[C@H](C[C@H](C)COCc1ccccc1)C[C@@H](C)C[C@H](C)C(=O)O. The summed E-state index contributed by atoms with van der Waals surface area (Å²) >= 11 is 0. The average molecular weight is 320 g/mol. The van der Waals surface area contributed by atoms with E-state index in [0.717, 1.165) is 25.9 Å². The van der Waals surface area contributed by atoms with E-state index in [1.807, 2.05) is 18.2 Å². The Morgan fingerprint density at radius 3 is 2.13 bits per heavy atom. The molecule has 0 aliphatic heterocycles. The number of aliphatic carboxylic acids is 1. The molecule has 23 heavy (non-hydrogen) atoms. The Balaban J connectivity index is 2.20. The van der Waals surface area contributed by atoms with E-state index in [9.17, 15) is 4.79 Å². The fourth-order valence-electron chi connectivity index (χ4n) is 3.29. The van der Waals surface area contributed by atoms with Crippen molar-refractivity contribution < 1.29 is 14.6 Å². The molecule has 0 spiro atoms. The number of carboxylic acid groups (broad SMARTS) is 1. The molecule has 0 aliphatic carbocycles. The Morgan fingerprint density at radius 1 is 0.957 bits per heavy atom. The van der Waals surface area contributed by atoms with Gasteiger partial charge >= 0.3 is 5.97 Å². The van der Waals surface area contributed by atoms with Gasteiger partial charge in [0, 0.05) is 6.61 Å². The first-order valence-electron chi connectivity index (χ1n) is 8.73. The second-order valence-electron chi connectivity index (χ2n) is 7.26. The molecule has 1 rings (SSSR count). The van der Waals surface area contributed by atoms with Crippen LogP contribution in [-0.4, -0.2) is 17.7 Å². The number of rotatable bonds is 11. The second-order valence-corrected chi connectivity index (χ2v) is 7.26. The highest BCUT2D eigenvalue weighted by Gasteiger charge is 2.18. The lowest BCUT2D eigenvalue weighted by Gasteiger charge is -2.21. The minimum absolute atomic E-state index is 0.246. The lowest BCUT2D eigenvalue weighted by Crippen LogP contribution is -2.16. The Labute approximate surface area is 141 Å². The predicted octanol–water partition coefficient (Wildman–Crippen LogP) is 5.00. The maximum atomic E-state index is 10.9. The molecule has 1 aromatic carbocycles. The van der Waals surface area contributed by atoms with Crippen LogP contribution in [0.5, 0.6) is 0 Å². The fourth-order valence-corrected chi connectivity index (χ4v) is 3.29. The topological polar surface area (TPSA) is 46.5 Å². The first-order valence-corrected chi connectivity index (χ1v) is 8.73. The van der Waals surface area contributed by atoms with Gasteiger partial charge in [0.15, 0.2) is 0 Å². The van der Waals surface area contributed by atoms with E-state index in [1.54, 1.807) is 6.92 Å². The molecule has 0 saturated heterocycles.